The van der Waals surface area contributed by atoms with Gasteiger partial charge in [0.1, 0.15) is 12.4 Å². The summed E-state index contributed by atoms with van der Waals surface area (Å²) in [6, 6.07) is 10.00. The van der Waals surface area contributed by atoms with Crippen LogP contribution in [0.5, 0.6) is 5.75 Å². The van der Waals surface area contributed by atoms with E-state index in [0.717, 1.165) is 17.2 Å². The van der Waals surface area contributed by atoms with Gasteiger partial charge in [0, 0.05) is 12.6 Å². The maximum atomic E-state index is 5.82. The molecule has 1 aromatic heterocycles. The fourth-order valence-electron chi connectivity index (χ4n) is 1.93. The summed E-state index contributed by atoms with van der Waals surface area (Å²) < 4.78 is 11.0. The molecule has 0 unspecified atom stereocenters. The maximum Gasteiger partial charge on any atom is 0.174 e. The van der Waals surface area contributed by atoms with Gasteiger partial charge >= 0.3 is 0 Å². The fraction of sp³-hybridized carbons (Fsp3) is 0.400. The monoisotopic (exact) mass is 260 g/mol. The zero-order valence-corrected chi connectivity index (χ0v) is 11.6. The highest BCUT2D eigenvalue weighted by Gasteiger charge is 2.09. The molecular weight excluding hydrogens is 240 g/mol. The molecule has 0 saturated heterocycles. The predicted octanol–water partition coefficient (Wildman–Crippen LogP) is 3.10. The highest BCUT2D eigenvalue weighted by molar-refractivity contribution is 5.35. The number of nitrogens with zero attached hydrogens (tertiary/aromatic N) is 1. The Bertz CT molecular complexity index is 520. The van der Waals surface area contributed by atoms with Gasteiger partial charge in [-0.2, -0.15) is 0 Å². The van der Waals surface area contributed by atoms with E-state index in [4.69, 9.17) is 9.26 Å². The number of hydrogen-bond donors (Lipinski definition) is 1. The van der Waals surface area contributed by atoms with Crippen molar-refractivity contribution in [3.05, 3.63) is 47.3 Å². The molecule has 0 atom stereocenters. The number of ether oxygens (including phenoxy) is 1. The lowest BCUT2D eigenvalue weighted by Crippen LogP contribution is -2.04. The number of hydrogen-bond acceptors (Lipinski definition) is 4. The normalized spacial score (nSPS) is 10.9. The number of para-hydroxylation sites is 1. The van der Waals surface area contributed by atoms with Gasteiger partial charge in [0.05, 0.1) is 5.69 Å². The van der Waals surface area contributed by atoms with Crippen molar-refractivity contribution in [1.29, 1.82) is 0 Å². The molecule has 0 aliphatic rings. The molecule has 0 fully saturated rings. The van der Waals surface area contributed by atoms with Gasteiger partial charge in [-0.1, -0.05) is 37.2 Å². The van der Waals surface area contributed by atoms with Gasteiger partial charge in [0.15, 0.2) is 5.76 Å². The number of aromatic nitrogens is 1. The van der Waals surface area contributed by atoms with Crippen LogP contribution in [0.3, 0.4) is 0 Å². The first kappa shape index (κ1) is 13.6. The standard InChI is InChI=1S/C15H20N2O2/c1-11(2)14-6-4-5-7-15(14)18-10-13-8-12(9-16-3)17-19-13/h4-8,11,16H,9-10H2,1-3H3. The third-order valence-electron chi connectivity index (χ3n) is 2.88. The Morgan fingerprint density at radius 2 is 2.11 bits per heavy atom. The van der Waals surface area contributed by atoms with Gasteiger partial charge in [0.25, 0.3) is 0 Å². The Balaban J connectivity index is 2.01. The molecule has 0 saturated carbocycles. The smallest absolute Gasteiger partial charge is 0.174 e. The number of nitrogens with one attached hydrogen (secondary N) is 1. The minimum absolute atomic E-state index is 0.403. The first-order valence-electron chi connectivity index (χ1n) is 6.51. The lowest BCUT2D eigenvalue weighted by molar-refractivity contribution is 0.246. The SMILES string of the molecule is CNCc1cc(COc2ccccc2C(C)C)on1. The van der Waals surface area contributed by atoms with Crippen LogP contribution in [-0.2, 0) is 13.2 Å². The van der Waals surface area contributed by atoms with E-state index in [9.17, 15) is 0 Å². The van der Waals surface area contributed by atoms with Crippen LogP contribution in [0, 0.1) is 0 Å². The summed E-state index contributed by atoms with van der Waals surface area (Å²) in [4.78, 5) is 0. The van der Waals surface area contributed by atoms with E-state index < -0.39 is 0 Å². The van der Waals surface area contributed by atoms with Gasteiger partial charge < -0.3 is 14.6 Å². The van der Waals surface area contributed by atoms with Crippen molar-refractivity contribution in [3.8, 4) is 5.75 Å². The Morgan fingerprint density at radius 1 is 1.32 bits per heavy atom. The van der Waals surface area contributed by atoms with Gasteiger partial charge in [-0.3, -0.25) is 0 Å². The van der Waals surface area contributed by atoms with Gasteiger partial charge in [0.2, 0.25) is 0 Å². The molecule has 19 heavy (non-hydrogen) atoms. The molecule has 4 heteroatoms. The van der Waals surface area contributed by atoms with E-state index in [2.05, 4.69) is 30.4 Å². The summed E-state index contributed by atoms with van der Waals surface area (Å²) in [5, 5.41) is 6.99. The minimum Gasteiger partial charge on any atom is -0.485 e. The molecule has 2 aromatic rings. The third-order valence-corrected chi connectivity index (χ3v) is 2.88. The van der Waals surface area contributed by atoms with Crippen molar-refractivity contribution in [1.82, 2.24) is 10.5 Å². The molecule has 2 rings (SSSR count). The second-order valence-corrected chi connectivity index (χ2v) is 4.80. The lowest BCUT2D eigenvalue weighted by atomic mass is 10.0. The molecule has 0 radical (unpaired) electrons. The molecule has 0 amide bonds. The van der Waals surface area contributed by atoms with Crippen LogP contribution in [0.2, 0.25) is 0 Å². The largest absolute Gasteiger partial charge is 0.485 e. The van der Waals surface area contributed by atoms with E-state index in [1.54, 1.807) is 0 Å². The Labute approximate surface area is 113 Å². The van der Waals surface area contributed by atoms with Crippen molar-refractivity contribution in [2.24, 2.45) is 0 Å². The Morgan fingerprint density at radius 3 is 2.84 bits per heavy atom. The molecule has 0 spiro atoms. The molecule has 4 nitrogen and oxygen atoms in total. The van der Waals surface area contributed by atoms with Crippen LogP contribution in [0.25, 0.3) is 0 Å². The molecule has 1 N–H and O–H groups in total. The van der Waals surface area contributed by atoms with E-state index in [1.807, 2.05) is 31.3 Å². The number of benzene rings is 1. The summed E-state index contributed by atoms with van der Waals surface area (Å²) in [5.74, 6) is 2.08. The topological polar surface area (TPSA) is 47.3 Å². The molecule has 1 heterocycles. The highest BCUT2D eigenvalue weighted by Crippen LogP contribution is 2.26. The first-order chi connectivity index (χ1) is 9.20. The Kier molecular flexibility index (Phi) is 4.58. The predicted molar refractivity (Wildman–Crippen MR) is 74.1 cm³/mol. The minimum atomic E-state index is 0.403. The van der Waals surface area contributed by atoms with Gasteiger partial charge in [-0.25, -0.2) is 0 Å². The van der Waals surface area contributed by atoms with E-state index in [1.165, 1.54) is 5.56 Å². The summed E-state index contributed by atoms with van der Waals surface area (Å²) in [6.07, 6.45) is 0. The maximum absolute atomic E-state index is 5.82. The summed E-state index contributed by atoms with van der Waals surface area (Å²) >= 11 is 0. The lowest BCUT2D eigenvalue weighted by Gasteiger charge is -2.12. The molecule has 1 aromatic carbocycles. The Hall–Kier alpha value is -1.81. The molecule has 0 aliphatic heterocycles. The van der Waals surface area contributed by atoms with E-state index in [0.29, 0.717) is 19.1 Å². The number of rotatable bonds is 6. The van der Waals surface area contributed by atoms with Crippen molar-refractivity contribution in [2.45, 2.75) is 32.9 Å². The van der Waals surface area contributed by atoms with Crippen LogP contribution in [0.15, 0.2) is 34.9 Å². The third kappa shape index (κ3) is 3.58. The van der Waals surface area contributed by atoms with Crippen LogP contribution < -0.4 is 10.1 Å². The fourth-order valence-corrected chi connectivity index (χ4v) is 1.93. The van der Waals surface area contributed by atoms with Crippen LogP contribution in [0.1, 0.15) is 36.8 Å². The zero-order valence-electron chi connectivity index (χ0n) is 11.6. The van der Waals surface area contributed by atoms with Crippen molar-refractivity contribution in [2.75, 3.05) is 7.05 Å². The summed E-state index contributed by atoms with van der Waals surface area (Å²) in [6.45, 7) is 5.41. The molecule has 0 aliphatic carbocycles. The average Bonchev–Trinajstić information content (AvgIpc) is 2.85. The van der Waals surface area contributed by atoms with Crippen LogP contribution in [0.4, 0.5) is 0 Å². The second kappa shape index (κ2) is 6.38. The van der Waals surface area contributed by atoms with Crippen molar-refractivity contribution in [3.63, 3.8) is 0 Å². The van der Waals surface area contributed by atoms with E-state index >= 15 is 0 Å². The van der Waals surface area contributed by atoms with E-state index in [-0.39, 0.29) is 0 Å². The van der Waals surface area contributed by atoms with Gasteiger partial charge in [-0.05, 0) is 24.6 Å². The first-order valence-corrected chi connectivity index (χ1v) is 6.51. The zero-order chi connectivity index (χ0) is 13.7. The highest BCUT2D eigenvalue weighted by atomic mass is 16.5. The average molecular weight is 260 g/mol. The van der Waals surface area contributed by atoms with Crippen molar-refractivity contribution < 1.29 is 9.26 Å². The van der Waals surface area contributed by atoms with Crippen LogP contribution >= 0.6 is 0 Å². The second-order valence-electron chi connectivity index (χ2n) is 4.80. The molecule has 0 bridgehead atoms. The molecular formula is C15H20N2O2. The van der Waals surface area contributed by atoms with Gasteiger partial charge in [-0.15, -0.1) is 0 Å². The molecule has 102 valence electrons. The summed E-state index contributed by atoms with van der Waals surface area (Å²) in [5.41, 5.74) is 2.09. The van der Waals surface area contributed by atoms with Crippen LogP contribution in [-0.4, -0.2) is 12.2 Å². The quantitative estimate of drug-likeness (QED) is 0.867. The van der Waals surface area contributed by atoms with Crippen molar-refractivity contribution >= 4 is 0 Å². The summed E-state index contributed by atoms with van der Waals surface area (Å²) in [7, 11) is 1.88.